The minimum atomic E-state index is -1.20. The molecule has 0 unspecified atom stereocenters. The average Bonchev–Trinajstić information content (AvgIpc) is 2.92. The van der Waals surface area contributed by atoms with Crippen LogP contribution >= 0.6 is 0 Å². The number of carbonyl (C=O) groups is 4. The number of para-hydroxylation sites is 2. The number of anilines is 2. The molecule has 0 spiro atoms. The summed E-state index contributed by atoms with van der Waals surface area (Å²) in [6, 6.07) is 15.0. The normalized spacial score (nSPS) is 23.2. The minimum Gasteiger partial charge on any atom is -0.324 e. The highest BCUT2D eigenvalue weighted by Gasteiger charge is 2.52. The van der Waals surface area contributed by atoms with Crippen LogP contribution in [0.2, 0.25) is 0 Å². The number of carbonyl (C=O) groups excluding carboxylic acids is 4. The molecule has 31 heavy (non-hydrogen) atoms. The van der Waals surface area contributed by atoms with Gasteiger partial charge in [0.05, 0.1) is 11.4 Å². The van der Waals surface area contributed by atoms with Crippen molar-refractivity contribution >= 4 is 35.1 Å². The molecule has 8 nitrogen and oxygen atoms in total. The second kappa shape index (κ2) is 7.86. The maximum Gasteiger partial charge on any atom is 0.325 e. The summed E-state index contributed by atoms with van der Waals surface area (Å²) in [5, 5.41) is 5.59. The van der Waals surface area contributed by atoms with Crippen molar-refractivity contribution in [1.29, 1.82) is 0 Å². The molecule has 0 saturated carbocycles. The van der Waals surface area contributed by atoms with E-state index in [1.54, 1.807) is 55.5 Å². The highest BCUT2D eigenvalue weighted by Crippen LogP contribution is 2.34. The van der Waals surface area contributed by atoms with E-state index in [2.05, 4.69) is 10.6 Å². The number of rotatable bonds is 4. The van der Waals surface area contributed by atoms with Crippen molar-refractivity contribution in [2.45, 2.75) is 38.3 Å². The van der Waals surface area contributed by atoms with E-state index in [1.807, 2.05) is 13.0 Å². The Labute approximate surface area is 180 Å². The monoisotopic (exact) mass is 420 g/mol. The summed E-state index contributed by atoms with van der Waals surface area (Å²) in [6.07, 6.45) is 0.469. The number of hydrogen-bond acceptors (Lipinski definition) is 4. The van der Waals surface area contributed by atoms with Crippen LogP contribution in [0.5, 0.6) is 0 Å². The van der Waals surface area contributed by atoms with Crippen molar-refractivity contribution in [2.75, 3.05) is 16.8 Å². The van der Waals surface area contributed by atoms with E-state index in [4.69, 9.17) is 0 Å². The fourth-order valence-corrected chi connectivity index (χ4v) is 4.31. The molecule has 160 valence electrons. The highest BCUT2D eigenvalue weighted by atomic mass is 16.2. The van der Waals surface area contributed by atoms with E-state index in [9.17, 15) is 19.2 Å². The Morgan fingerprint density at radius 1 is 1.06 bits per heavy atom. The Hall–Kier alpha value is -3.68. The lowest BCUT2D eigenvalue weighted by atomic mass is 9.87. The van der Waals surface area contributed by atoms with Crippen LogP contribution in [0.3, 0.4) is 0 Å². The molecule has 0 bridgehead atoms. The van der Waals surface area contributed by atoms with Crippen molar-refractivity contribution in [3.8, 4) is 0 Å². The summed E-state index contributed by atoms with van der Waals surface area (Å²) in [4.78, 5) is 54.1. The number of amides is 5. The van der Waals surface area contributed by atoms with E-state index in [0.29, 0.717) is 23.4 Å². The van der Waals surface area contributed by atoms with Gasteiger partial charge in [-0.05, 0) is 31.0 Å². The standard InChI is InChI=1S/C23H24N4O4/c1-3-23(16-9-5-4-6-10-16)21(30)26(22(31)25-23)14-20(29)27-15(2)13-19(28)24-17-11-7-8-12-18(17)27/h4-12,15H,3,13-14H2,1-2H3,(H,24,28)(H,25,31)/t15-,23+/m0/s1. The molecule has 2 aromatic rings. The first-order valence-electron chi connectivity index (χ1n) is 10.3. The average molecular weight is 420 g/mol. The smallest absolute Gasteiger partial charge is 0.324 e. The molecule has 4 rings (SSSR count). The molecule has 8 heteroatoms. The van der Waals surface area contributed by atoms with Crippen LogP contribution in [0.15, 0.2) is 54.6 Å². The fraction of sp³-hybridized carbons (Fsp3) is 0.304. The van der Waals surface area contributed by atoms with Gasteiger partial charge in [0.15, 0.2) is 0 Å². The lowest BCUT2D eigenvalue weighted by Crippen LogP contribution is -2.48. The van der Waals surface area contributed by atoms with Gasteiger partial charge in [-0.2, -0.15) is 0 Å². The second-order valence-corrected chi connectivity index (χ2v) is 7.83. The molecule has 1 fully saturated rings. The molecule has 2 aliphatic heterocycles. The number of fused-ring (bicyclic) bond motifs is 1. The number of imide groups is 1. The van der Waals surface area contributed by atoms with E-state index in [1.165, 1.54) is 4.90 Å². The predicted molar refractivity (Wildman–Crippen MR) is 115 cm³/mol. The minimum absolute atomic E-state index is 0.115. The first-order valence-corrected chi connectivity index (χ1v) is 10.3. The van der Waals surface area contributed by atoms with E-state index in [0.717, 1.165) is 4.90 Å². The van der Waals surface area contributed by atoms with Crippen LogP contribution in [-0.4, -0.2) is 41.2 Å². The summed E-state index contributed by atoms with van der Waals surface area (Å²) in [5.41, 5.74) is 0.546. The van der Waals surface area contributed by atoms with Crippen LogP contribution in [0, 0.1) is 0 Å². The topological polar surface area (TPSA) is 98.8 Å². The Morgan fingerprint density at radius 3 is 2.45 bits per heavy atom. The summed E-state index contributed by atoms with van der Waals surface area (Å²) < 4.78 is 0. The number of nitrogens with zero attached hydrogens (tertiary/aromatic N) is 2. The third kappa shape index (κ3) is 3.43. The Bertz CT molecular complexity index is 1050. The van der Waals surface area contributed by atoms with Gasteiger partial charge in [-0.25, -0.2) is 4.79 Å². The molecule has 0 aliphatic carbocycles. The van der Waals surface area contributed by atoms with E-state index < -0.39 is 36.0 Å². The number of benzene rings is 2. The first-order chi connectivity index (χ1) is 14.9. The van der Waals surface area contributed by atoms with Gasteiger partial charge in [-0.15, -0.1) is 0 Å². The largest absolute Gasteiger partial charge is 0.325 e. The molecule has 0 radical (unpaired) electrons. The molecule has 1 saturated heterocycles. The van der Waals surface area contributed by atoms with Gasteiger partial charge in [-0.3, -0.25) is 19.3 Å². The number of urea groups is 1. The van der Waals surface area contributed by atoms with Crippen LogP contribution in [-0.2, 0) is 19.9 Å². The zero-order valence-electron chi connectivity index (χ0n) is 17.4. The van der Waals surface area contributed by atoms with Gasteiger partial charge in [0.25, 0.3) is 5.91 Å². The zero-order chi connectivity index (χ0) is 22.2. The van der Waals surface area contributed by atoms with Gasteiger partial charge in [0.1, 0.15) is 12.1 Å². The maximum absolute atomic E-state index is 13.3. The quantitative estimate of drug-likeness (QED) is 0.743. The molecule has 2 atom stereocenters. The van der Waals surface area contributed by atoms with Gasteiger partial charge < -0.3 is 15.5 Å². The lowest BCUT2D eigenvalue weighted by molar-refractivity contribution is -0.135. The summed E-state index contributed by atoms with van der Waals surface area (Å²) in [5.74, 6) is -1.08. The predicted octanol–water partition coefficient (Wildman–Crippen LogP) is 2.61. The van der Waals surface area contributed by atoms with Crippen LogP contribution in [0.25, 0.3) is 0 Å². The maximum atomic E-state index is 13.3. The Morgan fingerprint density at radius 2 is 1.74 bits per heavy atom. The summed E-state index contributed by atoms with van der Waals surface area (Å²) >= 11 is 0. The van der Waals surface area contributed by atoms with E-state index in [-0.39, 0.29) is 12.3 Å². The zero-order valence-corrected chi connectivity index (χ0v) is 17.4. The van der Waals surface area contributed by atoms with E-state index >= 15 is 0 Å². The third-order valence-electron chi connectivity index (χ3n) is 5.89. The lowest BCUT2D eigenvalue weighted by Gasteiger charge is -2.29. The highest BCUT2D eigenvalue weighted by molar-refractivity contribution is 6.12. The Kier molecular flexibility index (Phi) is 5.22. The van der Waals surface area contributed by atoms with Gasteiger partial charge in [-0.1, -0.05) is 49.4 Å². The van der Waals surface area contributed by atoms with Crippen molar-refractivity contribution < 1.29 is 19.2 Å². The van der Waals surface area contributed by atoms with Crippen molar-refractivity contribution in [3.05, 3.63) is 60.2 Å². The van der Waals surface area contributed by atoms with Gasteiger partial charge in [0.2, 0.25) is 11.8 Å². The summed E-state index contributed by atoms with van der Waals surface area (Å²) in [6.45, 7) is 3.18. The van der Waals surface area contributed by atoms with Gasteiger partial charge in [0, 0.05) is 12.5 Å². The summed E-state index contributed by atoms with van der Waals surface area (Å²) in [7, 11) is 0. The SMILES string of the molecule is CC[C@]1(c2ccccc2)NC(=O)N(CC(=O)N2c3ccccc3NC(=O)C[C@@H]2C)C1=O. The van der Waals surface area contributed by atoms with Crippen LogP contribution in [0.4, 0.5) is 16.2 Å². The van der Waals surface area contributed by atoms with Crippen LogP contribution in [0.1, 0.15) is 32.3 Å². The number of nitrogens with one attached hydrogen (secondary N) is 2. The molecule has 0 aromatic heterocycles. The molecule has 2 N–H and O–H groups in total. The molecular formula is C23H24N4O4. The second-order valence-electron chi connectivity index (χ2n) is 7.83. The molecule has 5 amide bonds. The first kappa shape index (κ1) is 20.6. The number of hydrogen-bond donors (Lipinski definition) is 2. The fourth-order valence-electron chi connectivity index (χ4n) is 4.31. The van der Waals surface area contributed by atoms with Crippen LogP contribution < -0.4 is 15.5 Å². The van der Waals surface area contributed by atoms with Crippen molar-refractivity contribution in [1.82, 2.24) is 10.2 Å². The van der Waals surface area contributed by atoms with Crippen molar-refractivity contribution in [2.24, 2.45) is 0 Å². The molecular weight excluding hydrogens is 396 g/mol. The van der Waals surface area contributed by atoms with Gasteiger partial charge >= 0.3 is 6.03 Å². The van der Waals surface area contributed by atoms with Crippen molar-refractivity contribution in [3.63, 3.8) is 0 Å². The molecule has 2 aliphatic rings. The molecule has 2 aromatic carbocycles. The Balaban J connectivity index is 1.64. The molecule has 2 heterocycles. The third-order valence-corrected chi connectivity index (χ3v) is 5.89.